The smallest absolute Gasteiger partial charge is 0.194 e. The first-order valence-corrected chi connectivity index (χ1v) is 11.2. The number of nitrogens with zero attached hydrogens (tertiary/aromatic N) is 2. The van der Waals surface area contributed by atoms with Crippen LogP contribution in [-0.4, -0.2) is 69.7 Å². The van der Waals surface area contributed by atoms with Gasteiger partial charge in [0.2, 0.25) is 0 Å². The lowest BCUT2D eigenvalue weighted by atomic mass is 9.99. The Morgan fingerprint density at radius 2 is 2.04 bits per heavy atom. The number of hydrogen-bond donors (Lipinski definition) is 1. The maximum Gasteiger partial charge on any atom is 0.194 e. The number of rotatable bonds is 4. The second-order valence-electron chi connectivity index (χ2n) is 7.62. The van der Waals surface area contributed by atoms with Gasteiger partial charge in [-0.25, -0.2) is 8.42 Å². The van der Waals surface area contributed by atoms with Gasteiger partial charge < -0.3 is 15.0 Å². The zero-order valence-corrected chi connectivity index (χ0v) is 15.6. The fourth-order valence-corrected chi connectivity index (χ4v) is 5.58. The molecule has 2 atom stereocenters. The van der Waals surface area contributed by atoms with Gasteiger partial charge in [0.15, 0.2) is 15.8 Å². The fraction of sp³-hybridized carbons (Fsp3) is 0.941. The van der Waals surface area contributed by atoms with Crippen molar-refractivity contribution < 1.29 is 13.2 Å². The standard InChI is InChI=1S/C17H31N3O3S/c1-14-4-7-20(8-5-14)17(19-12-16-3-2-9-23-16)18-11-15-6-10-24(21,22)13-15/h14-16H,2-13H2,1H3,(H,18,19). The molecule has 0 saturated carbocycles. The van der Waals surface area contributed by atoms with Gasteiger partial charge >= 0.3 is 0 Å². The predicted octanol–water partition coefficient (Wildman–Crippen LogP) is 1.28. The van der Waals surface area contributed by atoms with E-state index in [1.165, 1.54) is 12.8 Å². The van der Waals surface area contributed by atoms with Crippen LogP contribution in [0.2, 0.25) is 0 Å². The Labute approximate surface area is 146 Å². The summed E-state index contributed by atoms with van der Waals surface area (Å²) >= 11 is 0. The second-order valence-corrected chi connectivity index (χ2v) is 9.85. The van der Waals surface area contributed by atoms with E-state index in [9.17, 15) is 8.42 Å². The molecule has 3 rings (SSSR count). The highest BCUT2D eigenvalue weighted by molar-refractivity contribution is 7.91. The van der Waals surface area contributed by atoms with Gasteiger partial charge in [0, 0.05) is 32.8 Å². The lowest BCUT2D eigenvalue weighted by Gasteiger charge is -2.33. The van der Waals surface area contributed by atoms with Crippen LogP contribution in [0.5, 0.6) is 0 Å². The molecule has 1 N–H and O–H groups in total. The lowest BCUT2D eigenvalue weighted by Crippen LogP contribution is -2.47. The van der Waals surface area contributed by atoms with E-state index in [-0.39, 0.29) is 12.0 Å². The summed E-state index contributed by atoms with van der Waals surface area (Å²) in [7, 11) is -2.82. The molecule has 0 aliphatic carbocycles. The van der Waals surface area contributed by atoms with Gasteiger partial charge in [-0.3, -0.25) is 4.99 Å². The molecule has 0 bridgehead atoms. The third-order valence-corrected chi connectivity index (χ3v) is 7.26. The van der Waals surface area contributed by atoms with Crippen molar-refractivity contribution >= 4 is 15.8 Å². The summed E-state index contributed by atoms with van der Waals surface area (Å²) in [6.45, 7) is 6.63. The molecule has 3 fully saturated rings. The Kier molecular flexibility index (Phi) is 6.02. The number of likely N-dealkylation sites (tertiary alicyclic amines) is 1. The largest absolute Gasteiger partial charge is 0.376 e. The molecule has 3 aliphatic rings. The summed E-state index contributed by atoms with van der Waals surface area (Å²) in [5.74, 6) is 2.53. The van der Waals surface area contributed by atoms with Crippen molar-refractivity contribution in [3.8, 4) is 0 Å². The summed E-state index contributed by atoms with van der Waals surface area (Å²) in [5, 5.41) is 3.49. The molecule has 0 aromatic rings. The normalized spacial score (nSPS) is 31.5. The van der Waals surface area contributed by atoms with Crippen molar-refractivity contribution in [2.45, 2.75) is 45.1 Å². The van der Waals surface area contributed by atoms with E-state index < -0.39 is 9.84 Å². The summed E-state index contributed by atoms with van der Waals surface area (Å²) in [4.78, 5) is 7.12. The molecule has 3 saturated heterocycles. The highest BCUT2D eigenvalue weighted by Gasteiger charge is 2.28. The van der Waals surface area contributed by atoms with Crippen molar-refractivity contribution in [2.24, 2.45) is 16.8 Å². The molecule has 6 nitrogen and oxygen atoms in total. The molecule has 7 heteroatoms. The quantitative estimate of drug-likeness (QED) is 0.606. The summed E-state index contributed by atoms with van der Waals surface area (Å²) in [5.41, 5.74) is 0. The molecular weight excluding hydrogens is 326 g/mol. The topological polar surface area (TPSA) is 71.0 Å². The van der Waals surface area contributed by atoms with Crippen molar-refractivity contribution in [3.63, 3.8) is 0 Å². The van der Waals surface area contributed by atoms with Crippen molar-refractivity contribution in [1.82, 2.24) is 10.2 Å². The van der Waals surface area contributed by atoms with E-state index >= 15 is 0 Å². The van der Waals surface area contributed by atoms with Crippen LogP contribution in [0.3, 0.4) is 0 Å². The third-order valence-electron chi connectivity index (χ3n) is 5.42. The molecular formula is C17H31N3O3S. The number of sulfone groups is 1. The maximum absolute atomic E-state index is 11.6. The monoisotopic (exact) mass is 357 g/mol. The minimum Gasteiger partial charge on any atom is -0.376 e. The Morgan fingerprint density at radius 3 is 2.67 bits per heavy atom. The Morgan fingerprint density at radius 1 is 1.25 bits per heavy atom. The molecule has 0 aromatic heterocycles. The van der Waals surface area contributed by atoms with Crippen LogP contribution in [-0.2, 0) is 14.6 Å². The Hall–Kier alpha value is -0.820. The van der Waals surface area contributed by atoms with Crippen molar-refractivity contribution in [2.75, 3.05) is 44.3 Å². The van der Waals surface area contributed by atoms with Crippen LogP contribution in [0.4, 0.5) is 0 Å². The van der Waals surface area contributed by atoms with Gasteiger partial charge in [-0.2, -0.15) is 0 Å². The van der Waals surface area contributed by atoms with Crippen molar-refractivity contribution in [3.05, 3.63) is 0 Å². The van der Waals surface area contributed by atoms with E-state index in [2.05, 4.69) is 17.1 Å². The van der Waals surface area contributed by atoms with Crippen LogP contribution in [0, 0.1) is 11.8 Å². The lowest BCUT2D eigenvalue weighted by molar-refractivity contribution is 0.113. The maximum atomic E-state index is 11.6. The number of piperidine rings is 1. The third kappa shape index (κ3) is 5.09. The predicted molar refractivity (Wildman–Crippen MR) is 96.0 cm³/mol. The molecule has 138 valence electrons. The molecule has 0 amide bonds. The summed E-state index contributed by atoms with van der Waals surface area (Å²) in [6, 6.07) is 0. The van der Waals surface area contributed by atoms with Crippen LogP contribution < -0.4 is 5.32 Å². The van der Waals surface area contributed by atoms with Gasteiger partial charge in [-0.05, 0) is 43.9 Å². The van der Waals surface area contributed by atoms with E-state index in [0.29, 0.717) is 18.1 Å². The molecule has 3 aliphatic heterocycles. The summed E-state index contributed by atoms with van der Waals surface area (Å²) < 4.78 is 29.0. The molecule has 24 heavy (non-hydrogen) atoms. The van der Waals surface area contributed by atoms with Crippen LogP contribution in [0.25, 0.3) is 0 Å². The number of hydrogen-bond acceptors (Lipinski definition) is 4. The van der Waals surface area contributed by atoms with E-state index in [1.807, 2.05) is 0 Å². The van der Waals surface area contributed by atoms with Gasteiger partial charge in [-0.15, -0.1) is 0 Å². The first-order chi connectivity index (χ1) is 11.5. The molecule has 0 spiro atoms. The summed E-state index contributed by atoms with van der Waals surface area (Å²) in [6.07, 6.45) is 5.67. The average Bonchev–Trinajstić information content (AvgIpc) is 3.18. The Bertz CT molecular complexity index is 535. The highest BCUT2D eigenvalue weighted by atomic mass is 32.2. The molecule has 2 unspecified atom stereocenters. The van der Waals surface area contributed by atoms with Crippen LogP contribution in [0.15, 0.2) is 4.99 Å². The highest BCUT2D eigenvalue weighted by Crippen LogP contribution is 2.20. The van der Waals surface area contributed by atoms with Crippen molar-refractivity contribution in [1.29, 1.82) is 0 Å². The van der Waals surface area contributed by atoms with Crippen LogP contribution in [0.1, 0.15) is 39.0 Å². The first-order valence-electron chi connectivity index (χ1n) is 9.37. The van der Waals surface area contributed by atoms with E-state index in [4.69, 9.17) is 9.73 Å². The molecule has 3 heterocycles. The van der Waals surface area contributed by atoms with E-state index in [0.717, 1.165) is 57.4 Å². The van der Waals surface area contributed by atoms with E-state index in [1.54, 1.807) is 0 Å². The zero-order valence-electron chi connectivity index (χ0n) is 14.7. The van der Waals surface area contributed by atoms with Crippen LogP contribution >= 0.6 is 0 Å². The minimum absolute atomic E-state index is 0.179. The van der Waals surface area contributed by atoms with Gasteiger partial charge in [0.05, 0.1) is 17.6 Å². The minimum atomic E-state index is -2.82. The zero-order chi connectivity index (χ0) is 17.0. The SMILES string of the molecule is CC1CCN(C(=NCC2CCS(=O)(=O)C2)NCC2CCCO2)CC1. The Balaban J connectivity index is 1.58. The number of aliphatic imine (C=N–C) groups is 1. The molecule has 0 aromatic carbocycles. The number of ether oxygens (including phenoxy) is 1. The first kappa shape index (κ1) is 18.0. The number of nitrogens with one attached hydrogen (secondary N) is 1. The fourth-order valence-electron chi connectivity index (χ4n) is 3.73. The van der Waals surface area contributed by atoms with Gasteiger partial charge in [0.25, 0.3) is 0 Å². The van der Waals surface area contributed by atoms with Gasteiger partial charge in [0.1, 0.15) is 0 Å². The number of guanidine groups is 1. The molecule has 0 radical (unpaired) electrons. The second kappa shape index (κ2) is 8.04. The van der Waals surface area contributed by atoms with Gasteiger partial charge in [-0.1, -0.05) is 6.92 Å². The average molecular weight is 358 g/mol.